The van der Waals surface area contributed by atoms with Crippen molar-refractivity contribution in [3.05, 3.63) is 65.0 Å². The molecule has 0 aliphatic carbocycles. The van der Waals surface area contributed by atoms with Crippen molar-refractivity contribution in [1.82, 2.24) is 10.3 Å². The summed E-state index contributed by atoms with van der Waals surface area (Å²) in [6.07, 6.45) is 0. The van der Waals surface area contributed by atoms with Crippen LogP contribution in [0.2, 0.25) is 0 Å². The van der Waals surface area contributed by atoms with Crippen LogP contribution in [-0.2, 0) is 4.79 Å². The Balaban J connectivity index is 1.74. The average molecular weight is 411 g/mol. The van der Waals surface area contributed by atoms with Crippen LogP contribution in [0, 0.1) is 6.92 Å². The summed E-state index contributed by atoms with van der Waals surface area (Å²) in [7, 11) is 0. The van der Waals surface area contributed by atoms with Crippen LogP contribution in [0.4, 0.5) is 10.8 Å². The predicted octanol–water partition coefficient (Wildman–Crippen LogP) is 4.20. The van der Waals surface area contributed by atoms with Gasteiger partial charge in [0.1, 0.15) is 0 Å². The van der Waals surface area contributed by atoms with Crippen molar-refractivity contribution in [2.75, 3.05) is 10.6 Å². The van der Waals surface area contributed by atoms with Crippen molar-refractivity contribution in [3.63, 3.8) is 0 Å². The van der Waals surface area contributed by atoms with Gasteiger partial charge in [0.25, 0.3) is 5.91 Å². The van der Waals surface area contributed by atoms with E-state index in [0.29, 0.717) is 22.1 Å². The van der Waals surface area contributed by atoms with Crippen LogP contribution in [0.5, 0.6) is 0 Å². The van der Waals surface area contributed by atoms with Crippen LogP contribution in [0.15, 0.2) is 53.9 Å². The number of benzene rings is 2. The molecule has 0 spiro atoms. The van der Waals surface area contributed by atoms with E-state index in [0.717, 1.165) is 11.1 Å². The first-order valence-electron chi connectivity index (χ1n) is 8.44. The number of hydrogen-bond donors (Lipinski definition) is 3. The largest absolute Gasteiger partial charge is 0.326 e. The minimum absolute atomic E-state index is 0.148. The molecule has 1 heterocycles. The van der Waals surface area contributed by atoms with E-state index in [-0.39, 0.29) is 16.9 Å². The second kappa shape index (κ2) is 8.73. The summed E-state index contributed by atoms with van der Waals surface area (Å²) in [6.45, 7) is 3.42. The highest BCUT2D eigenvalue weighted by molar-refractivity contribution is 7.80. The van der Waals surface area contributed by atoms with Gasteiger partial charge in [-0.05, 0) is 42.9 Å². The number of carbonyl (C=O) groups is 2. The lowest BCUT2D eigenvalue weighted by molar-refractivity contribution is -0.114. The summed E-state index contributed by atoms with van der Waals surface area (Å²) in [4.78, 5) is 28.2. The Kier molecular flexibility index (Phi) is 6.13. The highest BCUT2D eigenvalue weighted by atomic mass is 32.1. The van der Waals surface area contributed by atoms with Gasteiger partial charge in [0.15, 0.2) is 10.2 Å². The van der Waals surface area contributed by atoms with Gasteiger partial charge in [-0.25, -0.2) is 4.98 Å². The van der Waals surface area contributed by atoms with E-state index in [9.17, 15) is 9.59 Å². The highest BCUT2D eigenvalue weighted by Gasteiger charge is 2.14. The number of rotatable bonds is 4. The molecule has 0 bridgehead atoms. The summed E-state index contributed by atoms with van der Waals surface area (Å²) >= 11 is 6.57. The molecule has 0 aliphatic rings. The molecule has 2 aromatic carbocycles. The third-order valence-corrected chi connectivity index (χ3v) is 4.79. The first-order valence-corrected chi connectivity index (χ1v) is 9.73. The van der Waals surface area contributed by atoms with E-state index in [1.165, 1.54) is 18.3 Å². The van der Waals surface area contributed by atoms with Gasteiger partial charge in [-0.2, -0.15) is 0 Å². The molecule has 6 nitrogen and oxygen atoms in total. The lowest BCUT2D eigenvalue weighted by Crippen LogP contribution is -2.34. The number of amides is 2. The molecule has 0 radical (unpaired) electrons. The van der Waals surface area contributed by atoms with Gasteiger partial charge in [0.2, 0.25) is 5.91 Å². The zero-order valence-electron chi connectivity index (χ0n) is 15.3. The number of nitrogens with zero attached hydrogens (tertiary/aromatic N) is 1. The number of thiocarbonyl (C=S) groups is 1. The van der Waals surface area contributed by atoms with E-state index in [4.69, 9.17) is 12.2 Å². The van der Waals surface area contributed by atoms with Gasteiger partial charge in [0.05, 0.1) is 11.4 Å². The molecule has 1 aromatic heterocycles. The number of nitrogens with one attached hydrogen (secondary N) is 3. The number of anilines is 2. The summed E-state index contributed by atoms with van der Waals surface area (Å²) < 4.78 is 0. The molecular weight excluding hydrogens is 392 g/mol. The Labute approximate surface area is 172 Å². The van der Waals surface area contributed by atoms with Gasteiger partial charge in [-0.15, -0.1) is 11.3 Å². The first-order chi connectivity index (χ1) is 13.4. The SMILES string of the molecule is CC(=O)Nc1cccc(C)c1-c1csc(NC(=S)NC(=O)c2ccccc2)n1. The second-order valence-electron chi connectivity index (χ2n) is 5.99. The van der Waals surface area contributed by atoms with Crippen molar-refractivity contribution in [3.8, 4) is 11.3 Å². The van der Waals surface area contributed by atoms with Gasteiger partial charge < -0.3 is 10.6 Å². The molecule has 0 atom stereocenters. The smallest absolute Gasteiger partial charge is 0.257 e. The zero-order valence-corrected chi connectivity index (χ0v) is 16.9. The van der Waals surface area contributed by atoms with Crippen molar-refractivity contribution >= 4 is 51.3 Å². The fourth-order valence-electron chi connectivity index (χ4n) is 2.64. The third kappa shape index (κ3) is 4.79. The van der Waals surface area contributed by atoms with Crippen LogP contribution >= 0.6 is 23.6 Å². The number of hydrogen-bond acceptors (Lipinski definition) is 5. The fraction of sp³-hybridized carbons (Fsp3) is 0.100. The molecule has 142 valence electrons. The fourth-order valence-corrected chi connectivity index (χ4v) is 3.60. The molecule has 0 unspecified atom stereocenters. The highest BCUT2D eigenvalue weighted by Crippen LogP contribution is 2.33. The lowest BCUT2D eigenvalue weighted by Gasteiger charge is -2.11. The summed E-state index contributed by atoms with van der Waals surface area (Å²) in [6, 6.07) is 14.5. The maximum atomic E-state index is 12.2. The minimum atomic E-state index is -0.290. The molecule has 0 fully saturated rings. The van der Waals surface area contributed by atoms with Crippen LogP contribution in [0.3, 0.4) is 0 Å². The number of carbonyl (C=O) groups excluding carboxylic acids is 2. The minimum Gasteiger partial charge on any atom is -0.326 e. The Morgan fingerprint density at radius 2 is 1.79 bits per heavy atom. The Morgan fingerprint density at radius 3 is 2.50 bits per heavy atom. The number of thiazole rings is 1. The van der Waals surface area contributed by atoms with Crippen molar-refractivity contribution in [1.29, 1.82) is 0 Å². The number of aromatic nitrogens is 1. The Morgan fingerprint density at radius 1 is 1.04 bits per heavy atom. The van der Waals surface area contributed by atoms with Crippen LogP contribution in [-0.4, -0.2) is 21.9 Å². The quantitative estimate of drug-likeness (QED) is 0.562. The lowest BCUT2D eigenvalue weighted by atomic mass is 10.0. The molecule has 0 aliphatic heterocycles. The predicted molar refractivity (Wildman–Crippen MR) is 117 cm³/mol. The molecule has 0 saturated carbocycles. The van der Waals surface area contributed by atoms with E-state index in [1.807, 2.05) is 36.6 Å². The average Bonchev–Trinajstić information content (AvgIpc) is 3.09. The molecular formula is C20H18N4O2S2. The maximum absolute atomic E-state index is 12.2. The van der Waals surface area contributed by atoms with Gasteiger partial charge in [0, 0.05) is 23.4 Å². The summed E-state index contributed by atoms with van der Waals surface area (Å²) in [5.41, 5.74) is 3.77. The van der Waals surface area contributed by atoms with Crippen molar-refractivity contribution < 1.29 is 9.59 Å². The van der Waals surface area contributed by atoms with Crippen LogP contribution in [0.1, 0.15) is 22.8 Å². The van der Waals surface area contributed by atoms with E-state index < -0.39 is 0 Å². The van der Waals surface area contributed by atoms with Crippen molar-refractivity contribution in [2.24, 2.45) is 0 Å². The molecule has 0 saturated heterocycles. The molecule has 3 rings (SSSR count). The number of aryl methyl sites for hydroxylation is 1. The standard InChI is InChI=1S/C20H18N4O2S2/c1-12-7-6-10-15(21-13(2)25)17(12)16-11-28-20(22-16)24-19(27)23-18(26)14-8-4-3-5-9-14/h3-11H,1-2H3,(H,21,25)(H2,22,23,24,26,27). The monoisotopic (exact) mass is 410 g/mol. The van der Waals surface area contributed by atoms with Crippen LogP contribution in [0.25, 0.3) is 11.3 Å². The summed E-state index contributed by atoms with van der Waals surface area (Å²) in [5, 5.41) is 11.0. The van der Waals surface area contributed by atoms with E-state index in [2.05, 4.69) is 20.9 Å². The Bertz CT molecular complexity index is 1030. The van der Waals surface area contributed by atoms with Gasteiger partial charge in [-0.1, -0.05) is 30.3 Å². The summed E-state index contributed by atoms with van der Waals surface area (Å²) in [5.74, 6) is -0.438. The maximum Gasteiger partial charge on any atom is 0.257 e. The van der Waals surface area contributed by atoms with Gasteiger partial charge in [-0.3, -0.25) is 14.9 Å². The first kappa shape index (κ1) is 19.7. The normalized spacial score (nSPS) is 10.2. The zero-order chi connectivity index (χ0) is 20.1. The van der Waals surface area contributed by atoms with Crippen molar-refractivity contribution in [2.45, 2.75) is 13.8 Å². The third-order valence-electron chi connectivity index (χ3n) is 3.83. The van der Waals surface area contributed by atoms with E-state index >= 15 is 0 Å². The van der Waals surface area contributed by atoms with E-state index in [1.54, 1.807) is 24.3 Å². The molecule has 3 N–H and O–H groups in total. The van der Waals surface area contributed by atoms with Crippen LogP contribution < -0.4 is 16.0 Å². The molecule has 2 amide bonds. The molecule has 8 heteroatoms. The molecule has 28 heavy (non-hydrogen) atoms. The Hall–Kier alpha value is -3.10. The molecule has 3 aromatic rings. The topological polar surface area (TPSA) is 83.1 Å². The van der Waals surface area contributed by atoms with Gasteiger partial charge >= 0.3 is 0 Å². The second-order valence-corrected chi connectivity index (χ2v) is 7.26.